The van der Waals surface area contributed by atoms with Crippen molar-refractivity contribution in [2.75, 3.05) is 25.4 Å². The lowest BCUT2D eigenvalue weighted by molar-refractivity contribution is -0.122. The van der Waals surface area contributed by atoms with Crippen molar-refractivity contribution in [2.24, 2.45) is 0 Å². The van der Waals surface area contributed by atoms with Crippen molar-refractivity contribution >= 4 is 34.9 Å². The molecule has 0 saturated carbocycles. The van der Waals surface area contributed by atoms with Crippen LogP contribution in [-0.2, 0) is 11.3 Å². The zero-order chi connectivity index (χ0) is 21.6. The molecule has 29 heavy (non-hydrogen) atoms. The number of carbonyl (C=O) groups is 1. The van der Waals surface area contributed by atoms with Gasteiger partial charge < -0.3 is 15.8 Å². The summed E-state index contributed by atoms with van der Waals surface area (Å²) in [6.45, 7) is 7.89. The van der Waals surface area contributed by atoms with Crippen LogP contribution in [0.4, 0.5) is 10.2 Å². The molecule has 0 fully saturated rings. The first-order valence-electron chi connectivity index (χ1n) is 9.30. The van der Waals surface area contributed by atoms with Crippen molar-refractivity contribution in [2.45, 2.75) is 33.4 Å². The summed E-state index contributed by atoms with van der Waals surface area (Å²) in [7, 11) is 0. The zero-order valence-corrected chi connectivity index (χ0v) is 18.1. The Kier molecular flexibility index (Phi) is 8.49. The van der Waals surface area contributed by atoms with Crippen LogP contribution < -0.4 is 15.8 Å². The number of likely N-dealkylation sites (N-methyl/N-ethyl adjacent to an activating group) is 1. The summed E-state index contributed by atoms with van der Waals surface area (Å²) in [6, 6.07) is 4.29. The van der Waals surface area contributed by atoms with Crippen LogP contribution in [0.15, 0.2) is 24.4 Å². The van der Waals surface area contributed by atoms with Crippen molar-refractivity contribution in [3.05, 3.63) is 51.4 Å². The molecule has 3 N–H and O–H groups in total. The van der Waals surface area contributed by atoms with E-state index in [0.29, 0.717) is 23.4 Å². The minimum atomic E-state index is -0.665. The van der Waals surface area contributed by atoms with Crippen molar-refractivity contribution in [1.82, 2.24) is 15.2 Å². The van der Waals surface area contributed by atoms with Gasteiger partial charge in [-0.3, -0.25) is 9.69 Å². The number of anilines is 1. The Balaban J connectivity index is 2.09. The predicted octanol–water partition coefficient (Wildman–Crippen LogP) is 4.21. The van der Waals surface area contributed by atoms with E-state index in [9.17, 15) is 9.18 Å². The number of nitrogens with one attached hydrogen (secondary N) is 1. The van der Waals surface area contributed by atoms with Gasteiger partial charge in [-0.25, -0.2) is 9.37 Å². The highest BCUT2D eigenvalue weighted by Gasteiger charge is 2.20. The van der Waals surface area contributed by atoms with E-state index >= 15 is 0 Å². The van der Waals surface area contributed by atoms with Crippen LogP contribution in [0.2, 0.25) is 10.0 Å². The number of ether oxygens (including phenoxy) is 1. The van der Waals surface area contributed by atoms with Gasteiger partial charge in [0.25, 0.3) is 0 Å². The number of aromatic nitrogens is 1. The maximum atomic E-state index is 13.8. The number of hydrogen-bond acceptors (Lipinski definition) is 5. The van der Waals surface area contributed by atoms with Gasteiger partial charge in [-0.15, -0.1) is 0 Å². The van der Waals surface area contributed by atoms with E-state index in [1.54, 1.807) is 19.2 Å². The Hall–Kier alpha value is -2.09. The molecule has 2 aromatic rings. The highest BCUT2D eigenvalue weighted by Crippen LogP contribution is 2.35. The van der Waals surface area contributed by atoms with Crippen molar-refractivity contribution in [3.8, 4) is 5.75 Å². The molecule has 6 nitrogen and oxygen atoms in total. The number of nitrogen functional groups attached to an aromatic ring is 1. The molecule has 0 aliphatic rings. The molecule has 0 aliphatic heterocycles. The molecule has 1 heterocycles. The Morgan fingerprint density at radius 3 is 2.69 bits per heavy atom. The molecule has 1 aromatic heterocycles. The van der Waals surface area contributed by atoms with Crippen LogP contribution in [0, 0.1) is 5.82 Å². The second-order valence-electron chi connectivity index (χ2n) is 6.48. The van der Waals surface area contributed by atoms with E-state index in [1.807, 2.05) is 18.7 Å². The molecule has 0 radical (unpaired) electrons. The van der Waals surface area contributed by atoms with Gasteiger partial charge in [-0.05, 0) is 43.8 Å². The largest absolute Gasteiger partial charge is 0.482 e. The Bertz CT molecular complexity index is 863. The molecule has 0 saturated heterocycles. The van der Waals surface area contributed by atoms with Gasteiger partial charge in [0.2, 0.25) is 5.91 Å². The van der Waals surface area contributed by atoms with E-state index in [0.717, 1.165) is 13.1 Å². The smallest absolute Gasteiger partial charge is 0.234 e. The molecule has 1 atom stereocenters. The zero-order valence-electron chi connectivity index (χ0n) is 16.6. The second-order valence-corrected chi connectivity index (χ2v) is 7.27. The van der Waals surface area contributed by atoms with Crippen molar-refractivity contribution in [3.63, 3.8) is 0 Å². The molecule has 1 aromatic carbocycles. The third-order valence-corrected chi connectivity index (χ3v) is 5.19. The van der Waals surface area contributed by atoms with Crippen molar-refractivity contribution < 1.29 is 13.9 Å². The quantitative estimate of drug-likeness (QED) is 0.568. The number of nitrogens with zero attached hydrogens (tertiary/aromatic N) is 2. The van der Waals surface area contributed by atoms with Crippen LogP contribution >= 0.6 is 23.2 Å². The molecular weight excluding hydrogens is 418 g/mol. The summed E-state index contributed by atoms with van der Waals surface area (Å²) in [5, 5.41) is 3.03. The van der Waals surface area contributed by atoms with Crippen molar-refractivity contribution in [1.29, 1.82) is 0 Å². The van der Waals surface area contributed by atoms with Gasteiger partial charge in [0, 0.05) is 23.3 Å². The lowest BCUT2D eigenvalue weighted by Gasteiger charge is -2.19. The number of halogens is 3. The van der Waals surface area contributed by atoms with Crippen LogP contribution in [0.1, 0.15) is 38.0 Å². The maximum absolute atomic E-state index is 13.8. The number of rotatable bonds is 9. The van der Waals surface area contributed by atoms with E-state index in [-0.39, 0.29) is 28.3 Å². The third-order valence-electron chi connectivity index (χ3n) is 4.48. The molecule has 0 bridgehead atoms. The van der Waals surface area contributed by atoms with Crippen LogP contribution in [0.3, 0.4) is 0 Å². The summed E-state index contributed by atoms with van der Waals surface area (Å²) in [5.41, 5.74) is 6.95. The number of carbonyl (C=O) groups excluding carboxylic acids is 1. The van der Waals surface area contributed by atoms with E-state index in [4.69, 9.17) is 33.7 Å². The minimum absolute atomic E-state index is 0.0836. The van der Waals surface area contributed by atoms with Gasteiger partial charge in [0.05, 0.1) is 11.6 Å². The molecular formula is C20H25Cl2FN4O2. The SMILES string of the molecule is CCN(CC)CC(=O)NCc1cnc(N)c(OC(C)c2c(Cl)ccc(F)c2Cl)c1. The summed E-state index contributed by atoms with van der Waals surface area (Å²) in [6.07, 6.45) is 0.898. The standard InChI is InChI=1S/C20H25Cl2FN4O2/c1-4-27(5-2)11-17(28)25-9-13-8-16(20(24)26-10-13)29-12(3)18-14(21)6-7-15(23)19(18)22/h6-8,10,12H,4-5,9,11H2,1-3H3,(H2,24,26)(H,25,28). The number of amides is 1. The first-order valence-corrected chi connectivity index (χ1v) is 10.1. The van der Waals surface area contributed by atoms with Gasteiger partial charge in [-0.2, -0.15) is 0 Å². The third kappa shape index (κ3) is 6.19. The average Bonchev–Trinajstić information content (AvgIpc) is 2.69. The first kappa shape index (κ1) is 23.2. The van der Waals surface area contributed by atoms with E-state index in [1.165, 1.54) is 12.1 Å². The number of hydrogen-bond donors (Lipinski definition) is 2. The Morgan fingerprint density at radius 2 is 2.03 bits per heavy atom. The summed E-state index contributed by atoms with van der Waals surface area (Å²) >= 11 is 12.2. The highest BCUT2D eigenvalue weighted by atomic mass is 35.5. The summed E-state index contributed by atoms with van der Waals surface area (Å²) in [5.74, 6) is -0.208. The van der Waals surface area contributed by atoms with Crippen LogP contribution in [0.5, 0.6) is 5.75 Å². The van der Waals surface area contributed by atoms with Gasteiger partial charge in [0.15, 0.2) is 11.6 Å². The summed E-state index contributed by atoms with van der Waals surface area (Å²) < 4.78 is 19.6. The fourth-order valence-corrected chi connectivity index (χ4v) is 3.44. The van der Waals surface area contributed by atoms with Crippen LogP contribution in [0.25, 0.3) is 0 Å². The number of pyridine rings is 1. The second kappa shape index (κ2) is 10.6. The van der Waals surface area contributed by atoms with Gasteiger partial charge >= 0.3 is 0 Å². The highest BCUT2D eigenvalue weighted by molar-refractivity contribution is 6.36. The predicted molar refractivity (Wildman–Crippen MR) is 114 cm³/mol. The van der Waals surface area contributed by atoms with Gasteiger partial charge in [0.1, 0.15) is 11.9 Å². The van der Waals surface area contributed by atoms with Crippen LogP contribution in [-0.4, -0.2) is 35.4 Å². The molecule has 9 heteroatoms. The molecule has 2 rings (SSSR count). The monoisotopic (exact) mass is 442 g/mol. The van der Waals surface area contributed by atoms with E-state index in [2.05, 4.69) is 10.3 Å². The average molecular weight is 443 g/mol. The lowest BCUT2D eigenvalue weighted by atomic mass is 10.1. The normalized spacial score (nSPS) is 12.1. The molecule has 1 amide bonds. The summed E-state index contributed by atoms with van der Waals surface area (Å²) in [4.78, 5) is 18.2. The van der Waals surface area contributed by atoms with Gasteiger partial charge in [-0.1, -0.05) is 37.0 Å². The Morgan fingerprint density at radius 1 is 1.34 bits per heavy atom. The van der Waals surface area contributed by atoms with E-state index < -0.39 is 11.9 Å². The fourth-order valence-electron chi connectivity index (χ4n) is 2.76. The minimum Gasteiger partial charge on any atom is -0.482 e. The molecule has 0 aliphatic carbocycles. The molecule has 0 spiro atoms. The molecule has 1 unspecified atom stereocenters. The maximum Gasteiger partial charge on any atom is 0.234 e. The molecule has 158 valence electrons. The Labute approximate surface area is 180 Å². The number of benzene rings is 1. The number of nitrogens with two attached hydrogens (primary N) is 1. The first-order chi connectivity index (χ1) is 13.8. The topological polar surface area (TPSA) is 80.5 Å². The fraction of sp³-hybridized carbons (Fsp3) is 0.400. The lowest BCUT2D eigenvalue weighted by Crippen LogP contribution is -2.36.